The van der Waals surface area contributed by atoms with E-state index >= 15 is 0 Å². The fourth-order valence-corrected chi connectivity index (χ4v) is 2.80. The monoisotopic (exact) mass is 247 g/mol. The molecule has 0 aromatic heterocycles. The maximum absolute atomic E-state index is 5.89. The number of hydrogen-bond acceptors (Lipinski definition) is 2. The van der Waals surface area contributed by atoms with Gasteiger partial charge in [-0.3, -0.25) is 0 Å². The highest BCUT2D eigenvalue weighted by Gasteiger charge is 2.21. The van der Waals surface area contributed by atoms with Crippen molar-refractivity contribution in [1.82, 2.24) is 5.32 Å². The SMILES string of the molecule is CCCC(C)COc1ccc2c(c1)CCC2NC. The summed E-state index contributed by atoms with van der Waals surface area (Å²) in [5.74, 6) is 1.68. The van der Waals surface area contributed by atoms with E-state index in [0.717, 1.165) is 12.4 Å². The van der Waals surface area contributed by atoms with E-state index in [9.17, 15) is 0 Å². The molecule has 0 radical (unpaired) electrons. The number of rotatable bonds is 6. The van der Waals surface area contributed by atoms with Gasteiger partial charge in [0.15, 0.2) is 0 Å². The summed E-state index contributed by atoms with van der Waals surface area (Å²) >= 11 is 0. The molecule has 0 saturated heterocycles. The Hall–Kier alpha value is -1.02. The van der Waals surface area contributed by atoms with Gasteiger partial charge in [-0.25, -0.2) is 0 Å². The van der Waals surface area contributed by atoms with Gasteiger partial charge < -0.3 is 10.1 Å². The van der Waals surface area contributed by atoms with Crippen LogP contribution in [0.4, 0.5) is 0 Å². The zero-order chi connectivity index (χ0) is 13.0. The van der Waals surface area contributed by atoms with Crippen LogP contribution in [0, 0.1) is 5.92 Å². The third kappa shape index (κ3) is 3.05. The Balaban J connectivity index is 1.96. The van der Waals surface area contributed by atoms with Gasteiger partial charge in [-0.05, 0) is 55.5 Å². The van der Waals surface area contributed by atoms with Crippen LogP contribution in [0.1, 0.15) is 50.3 Å². The van der Waals surface area contributed by atoms with Crippen LogP contribution >= 0.6 is 0 Å². The van der Waals surface area contributed by atoms with Crippen LogP contribution < -0.4 is 10.1 Å². The van der Waals surface area contributed by atoms with E-state index in [2.05, 4.69) is 37.4 Å². The first-order valence-electron chi connectivity index (χ1n) is 7.17. The van der Waals surface area contributed by atoms with Crippen molar-refractivity contribution in [3.05, 3.63) is 29.3 Å². The zero-order valence-electron chi connectivity index (χ0n) is 11.8. The Labute approximate surface area is 111 Å². The second kappa shape index (κ2) is 6.24. The van der Waals surface area contributed by atoms with Gasteiger partial charge in [0, 0.05) is 6.04 Å². The number of hydrogen-bond donors (Lipinski definition) is 1. The quantitative estimate of drug-likeness (QED) is 0.827. The van der Waals surface area contributed by atoms with Crippen molar-refractivity contribution in [2.45, 2.75) is 45.6 Å². The lowest BCUT2D eigenvalue weighted by Gasteiger charge is -2.14. The minimum atomic E-state index is 0.535. The lowest BCUT2D eigenvalue weighted by molar-refractivity contribution is 0.251. The van der Waals surface area contributed by atoms with Crippen LogP contribution in [0.15, 0.2) is 18.2 Å². The third-order valence-corrected chi connectivity index (χ3v) is 3.86. The molecule has 2 unspecified atom stereocenters. The number of nitrogens with one attached hydrogen (secondary N) is 1. The molecule has 0 saturated carbocycles. The van der Waals surface area contributed by atoms with E-state index < -0.39 is 0 Å². The van der Waals surface area contributed by atoms with Crippen molar-refractivity contribution < 1.29 is 4.74 Å². The molecule has 0 bridgehead atoms. The Morgan fingerprint density at radius 2 is 2.28 bits per heavy atom. The number of aryl methyl sites for hydroxylation is 1. The molecule has 2 heteroatoms. The molecular weight excluding hydrogens is 222 g/mol. The van der Waals surface area contributed by atoms with Gasteiger partial charge in [0.1, 0.15) is 5.75 Å². The summed E-state index contributed by atoms with van der Waals surface area (Å²) in [6, 6.07) is 7.11. The smallest absolute Gasteiger partial charge is 0.119 e. The molecule has 2 atom stereocenters. The van der Waals surface area contributed by atoms with Crippen molar-refractivity contribution in [2.75, 3.05) is 13.7 Å². The Morgan fingerprint density at radius 1 is 1.44 bits per heavy atom. The van der Waals surface area contributed by atoms with Crippen molar-refractivity contribution in [3.8, 4) is 5.75 Å². The molecule has 2 nitrogen and oxygen atoms in total. The second-order valence-corrected chi connectivity index (χ2v) is 5.45. The van der Waals surface area contributed by atoms with Gasteiger partial charge in [-0.15, -0.1) is 0 Å². The van der Waals surface area contributed by atoms with Crippen molar-refractivity contribution in [1.29, 1.82) is 0 Å². The summed E-state index contributed by atoms with van der Waals surface area (Å²) in [4.78, 5) is 0. The second-order valence-electron chi connectivity index (χ2n) is 5.45. The van der Waals surface area contributed by atoms with E-state index in [-0.39, 0.29) is 0 Å². The summed E-state index contributed by atoms with van der Waals surface area (Å²) < 4.78 is 5.89. The highest BCUT2D eigenvalue weighted by atomic mass is 16.5. The molecule has 0 fully saturated rings. The molecule has 0 heterocycles. The Kier molecular flexibility index (Phi) is 4.65. The van der Waals surface area contributed by atoms with Crippen molar-refractivity contribution in [3.63, 3.8) is 0 Å². The van der Waals surface area contributed by atoms with Crippen molar-refractivity contribution in [2.24, 2.45) is 5.92 Å². The maximum Gasteiger partial charge on any atom is 0.119 e. The Bertz CT molecular complexity index is 389. The number of fused-ring (bicyclic) bond motifs is 1. The molecule has 1 aliphatic rings. The van der Waals surface area contributed by atoms with Crippen LogP contribution in [0.3, 0.4) is 0 Å². The molecule has 1 N–H and O–H groups in total. The topological polar surface area (TPSA) is 21.3 Å². The van der Waals surface area contributed by atoms with Gasteiger partial charge >= 0.3 is 0 Å². The van der Waals surface area contributed by atoms with Crippen LogP contribution in [0.5, 0.6) is 5.75 Å². The standard InChI is InChI=1S/C16H25NO/c1-4-5-12(2)11-18-14-7-8-15-13(10-14)6-9-16(15)17-3/h7-8,10,12,16-17H,4-6,9,11H2,1-3H3. The summed E-state index contributed by atoms with van der Waals surface area (Å²) in [6.07, 6.45) is 4.86. The molecule has 18 heavy (non-hydrogen) atoms. The molecule has 1 aliphatic carbocycles. The van der Waals surface area contributed by atoms with Gasteiger partial charge in [-0.1, -0.05) is 26.3 Å². The molecule has 0 aliphatic heterocycles. The fraction of sp³-hybridized carbons (Fsp3) is 0.625. The van der Waals surface area contributed by atoms with E-state index in [1.807, 2.05) is 7.05 Å². The van der Waals surface area contributed by atoms with Gasteiger partial charge in [-0.2, -0.15) is 0 Å². The fourth-order valence-electron chi connectivity index (χ4n) is 2.80. The van der Waals surface area contributed by atoms with Crippen LogP contribution in [0.2, 0.25) is 0 Å². The molecule has 0 spiro atoms. The molecule has 1 aromatic rings. The minimum Gasteiger partial charge on any atom is -0.493 e. The molecule has 1 aromatic carbocycles. The van der Waals surface area contributed by atoms with E-state index in [4.69, 9.17) is 4.74 Å². The summed E-state index contributed by atoms with van der Waals surface area (Å²) in [7, 11) is 2.04. The van der Waals surface area contributed by atoms with E-state index in [1.165, 1.54) is 36.8 Å². The maximum atomic E-state index is 5.89. The number of ether oxygens (including phenoxy) is 1. The van der Waals surface area contributed by atoms with Gasteiger partial charge in [0.25, 0.3) is 0 Å². The minimum absolute atomic E-state index is 0.535. The Morgan fingerprint density at radius 3 is 3.00 bits per heavy atom. The average molecular weight is 247 g/mol. The van der Waals surface area contributed by atoms with Gasteiger partial charge in [0.05, 0.1) is 6.61 Å². The first kappa shape index (κ1) is 13.4. The largest absolute Gasteiger partial charge is 0.493 e. The molecule has 0 amide bonds. The van der Waals surface area contributed by atoms with Crippen LogP contribution in [0.25, 0.3) is 0 Å². The van der Waals surface area contributed by atoms with E-state index in [0.29, 0.717) is 12.0 Å². The lowest BCUT2D eigenvalue weighted by Crippen LogP contribution is -2.12. The number of benzene rings is 1. The summed E-state index contributed by atoms with van der Waals surface area (Å²) in [5.41, 5.74) is 2.90. The molecule has 100 valence electrons. The molecular formula is C16H25NO. The third-order valence-electron chi connectivity index (χ3n) is 3.86. The van der Waals surface area contributed by atoms with E-state index in [1.54, 1.807) is 0 Å². The average Bonchev–Trinajstić information content (AvgIpc) is 2.79. The summed E-state index contributed by atoms with van der Waals surface area (Å²) in [6.45, 7) is 5.32. The highest BCUT2D eigenvalue weighted by Crippen LogP contribution is 2.33. The zero-order valence-corrected chi connectivity index (χ0v) is 11.8. The first-order chi connectivity index (χ1) is 8.74. The first-order valence-corrected chi connectivity index (χ1v) is 7.17. The highest BCUT2D eigenvalue weighted by molar-refractivity contribution is 5.40. The molecule has 2 rings (SSSR count). The van der Waals surface area contributed by atoms with Crippen LogP contribution in [-0.2, 0) is 6.42 Å². The van der Waals surface area contributed by atoms with Crippen LogP contribution in [-0.4, -0.2) is 13.7 Å². The van der Waals surface area contributed by atoms with Crippen molar-refractivity contribution >= 4 is 0 Å². The lowest BCUT2D eigenvalue weighted by atomic mass is 10.1. The van der Waals surface area contributed by atoms with Gasteiger partial charge in [0.2, 0.25) is 0 Å². The predicted molar refractivity (Wildman–Crippen MR) is 76.1 cm³/mol. The predicted octanol–water partition coefficient (Wildman–Crippen LogP) is 3.71. The normalized spacial score (nSPS) is 19.6. The summed E-state index contributed by atoms with van der Waals surface area (Å²) in [5, 5.41) is 3.37.